The number of carbonyl (C=O) groups excluding carboxylic acids is 2. The fourth-order valence-electron chi connectivity index (χ4n) is 3.21. The summed E-state index contributed by atoms with van der Waals surface area (Å²) in [6.07, 6.45) is 0. The molecule has 1 atom stereocenters. The number of nitrogens with zero attached hydrogens (tertiary/aromatic N) is 1. The van der Waals surface area contributed by atoms with Crippen LogP contribution in [0.3, 0.4) is 0 Å². The first-order chi connectivity index (χ1) is 13.1. The summed E-state index contributed by atoms with van der Waals surface area (Å²) in [5.74, 6) is -0.728. The Bertz CT molecular complexity index is 862. The molecule has 1 aliphatic heterocycles. The number of amides is 1. The number of carbonyl (C=O) groups is 2. The average molecular weight is 430 g/mol. The minimum atomic E-state index is -0.670. The van der Waals surface area contributed by atoms with Crippen molar-refractivity contribution in [2.45, 2.75) is 13.0 Å². The summed E-state index contributed by atoms with van der Waals surface area (Å²) in [5, 5.41) is 11.3. The lowest BCUT2D eigenvalue weighted by Gasteiger charge is -2.24. The van der Waals surface area contributed by atoms with Gasteiger partial charge in [0.1, 0.15) is 11.5 Å². The molecule has 1 heterocycles. The van der Waals surface area contributed by atoms with Crippen molar-refractivity contribution in [3.63, 3.8) is 0 Å². The van der Waals surface area contributed by atoms with Gasteiger partial charge < -0.3 is 14.7 Å². The van der Waals surface area contributed by atoms with Gasteiger partial charge in [0.15, 0.2) is 0 Å². The van der Waals surface area contributed by atoms with Crippen LogP contribution >= 0.6 is 15.9 Å². The minimum Gasteiger partial charge on any atom is -0.507 e. The highest BCUT2D eigenvalue weighted by Gasteiger charge is 2.45. The van der Waals surface area contributed by atoms with Gasteiger partial charge >= 0.3 is 0 Å². The Labute approximate surface area is 166 Å². The second-order valence-electron chi connectivity index (χ2n) is 6.05. The number of Topliss-reactive ketones (excluding diaryl/α,β-unsaturated/α-hetero) is 1. The molecule has 2 aromatic rings. The van der Waals surface area contributed by atoms with Crippen molar-refractivity contribution >= 4 is 33.4 Å². The zero-order valence-corrected chi connectivity index (χ0v) is 16.5. The van der Waals surface area contributed by atoms with Crippen LogP contribution < -0.4 is 4.74 Å². The third kappa shape index (κ3) is 3.76. The molecule has 140 valence electrons. The summed E-state index contributed by atoms with van der Waals surface area (Å²) >= 11 is 3.34. The zero-order chi connectivity index (χ0) is 19.4. The van der Waals surface area contributed by atoms with E-state index in [1.54, 1.807) is 36.4 Å². The number of aliphatic hydroxyl groups is 1. The number of ketones is 1. The van der Waals surface area contributed by atoms with E-state index in [2.05, 4.69) is 15.9 Å². The van der Waals surface area contributed by atoms with E-state index in [0.717, 1.165) is 5.56 Å². The first-order valence-electron chi connectivity index (χ1n) is 8.71. The molecule has 0 spiro atoms. The van der Waals surface area contributed by atoms with Crippen LogP contribution in [0.4, 0.5) is 0 Å². The van der Waals surface area contributed by atoms with E-state index in [9.17, 15) is 14.7 Å². The molecule has 2 aromatic carbocycles. The second-order valence-corrected chi connectivity index (χ2v) is 6.84. The number of ether oxygens (including phenoxy) is 1. The molecule has 1 aliphatic rings. The molecular weight excluding hydrogens is 410 g/mol. The molecule has 1 saturated heterocycles. The Morgan fingerprint density at radius 3 is 2.37 bits per heavy atom. The summed E-state index contributed by atoms with van der Waals surface area (Å²) in [7, 11) is 0. The lowest BCUT2D eigenvalue weighted by Crippen LogP contribution is -2.31. The van der Waals surface area contributed by atoms with Crippen LogP contribution in [0.1, 0.15) is 24.1 Å². The topological polar surface area (TPSA) is 66.8 Å². The number of aliphatic hydroxyl groups excluding tert-OH is 1. The molecule has 0 radical (unpaired) electrons. The molecule has 5 nitrogen and oxygen atoms in total. The Morgan fingerprint density at radius 2 is 1.78 bits per heavy atom. The summed E-state index contributed by atoms with van der Waals surface area (Å²) < 4.78 is 5.47. The van der Waals surface area contributed by atoms with Crippen LogP contribution in [0.25, 0.3) is 5.76 Å². The highest BCUT2D eigenvalue weighted by molar-refractivity contribution is 9.09. The number of likely N-dealkylation sites (tertiary alicyclic amines) is 1. The molecule has 3 rings (SSSR count). The average Bonchev–Trinajstić information content (AvgIpc) is 2.94. The maximum Gasteiger partial charge on any atom is 0.295 e. The van der Waals surface area contributed by atoms with E-state index in [1.807, 2.05) is 25.1 Å². The molecule has 6 heteroatoms. The van der Waals surface area contributed by atoms with Crippen molar-refractivity contribution in [1.82, 2.24) is 4.90 Å². The van der Waals surface area contributed by atoms with Crippen LogP contribution in [0.2, 0.25) is 0 Å². The monoisotopic (exact) mass is 429 g/mol. The maximum atomic E-state index is 12.7. The molecule has 1 fully saturated rings. The first kappa shape index (κ1) is 19.2. The molecule has 0 aromatic heterocycles. The number of rotatable bonds is 6. The van der Waals surface area contributed by atoms with Crippen molar-refractivity contribution in [3.05, 3.63) is 71.3 Å². The van der Waals surface area contributed by atoms with Gasteiger partial charge in [-0.25, -0.2) is 0 Å². The second kappa shape index (κ2) is 8.39. The summed E-state index contributed by atoms with van der Waals surface area (Å²) in [5.41, 5.74) is 1.36. The van der Waals surface area contributed by atoms with Gasteiger partial charge in [-0.15, -0.1) is 0 Å². The van der Waals surface area contributed by atoms with Crippen LogP contribution in [-0.4, -0.2) is 40.2 Å². The van der Waals surface area contributed by atoms with Crippen LogP contribution in [0, 0.1) is 0 Å². The molecular formula is C21H20BrNO4. The zero-order valence-electron chi connectivity index (χ0n) is 14.9. The standard InChI is InChI=1S/C21H20BrNO4/c1-2-27-16-10-8-14(9-11-16)18-17(19(24)15-6-4-3-5-7-15)20(25)21(26)23(18)13-12-22/h3-11,18,24H,2,12-13H2,1H3/t18-/m1/s1. The van der Waals surface area contributed by atoms with E-state index < -0.39 is 17.7 Å². The lowest BCUT2D eigenvalue weighted by atomic mass is 9.95. The third-order valence-electron chi connectivity index (χ3n) is 4.42. The number of halogens is 1. The van der Waals surface area contributed by atoms with E-state index in [0.29, 0.717) is 29.8 Å². The molecule has 1 amide bonds. The predicted octanol–water partition coefficient (Wildman–Crippen LogP) is 3.90. The SMILES string of the molecule is CCOc1ccc([C@@H]2C(=C(O)c3ccccc3)C(=O)C(=O)N2CCBr)cc1. The van der Waals surface area contributed by atoms with Gasteiger partial charge in [0.25, 0.3) is 11.7 Å². The number of hydrogen-bond donors (Lipinski definition) is 1. The maximum absolute atomic E-state index is 12.7. The third-order valence-corrected chi connectivity index (χ3v) is 4.77. The van der Waals surface area contributed by atoms with Gasteiger partial charge in [-0.1, -0.05) is 58.4 Å². The van der Waals surface area contributed by atoms with Crippen molar-refractivity contribution in [2.24, 2.45) is 0 Å². The van der Waals surface area contributed by atoms with E-state index in [-0.39, 0.29) is 11.3 Å². The molecule has 0 saturated carbocycles. The predicted molar refractivity (Wildman–Crippen MR) is 107 cm³/mol. The van der Waals surface area contributed by atoms with Gasteiger partial charge in [0, 0.05) is 17.4 Å². The van der Waals surface area contributed by atoms with E-state index >= 15 is 0 Å². The molecule has 0 aliphatic carbocycles. The summed E-state index contributed by atoms with van der Waals surface area (Å²) in [4.78, 5) is 26.8. The molecule has 0 unspecified atom stereocenters. The van der Waals surface area contributed by atoms with Gasteiger partial charge in [0.2, 0.25) is 0 Å². The number of alkyl halides is 1. The van der Waals surface area contributed by atoms with E-state index in [1.165, 1.54) is 4.90 Å². The molecule has 0 bridgehead atoms. The van der Waals surface area contributed by atoms with Crippen LogP contribution in [0.15, 0.2) is 60.2 Å². The van der Waals surface area contributed by atoms with Gasteiger partial charge in [-0.3, -0.25) is 9.59 Å². The first-order valence-corrected chi connectivity index (χ1v) is 9.83. The highest BCUT2D eigenvalue weighted by Crippen LogP contribution is 2.39. The van der Waals surface area contributed by atoms with E-state index in [4.69, 9.17) is 4.74 Å². The minimum absolute atomic E-state index is 0.108. The fraction of sp³-hybridized carbons (Fsp3) is 0.238. The highest BCUT2D eigenvalue weighted by atomic mass is 79.9. The Balaban J connectivity index is 2.11. The number of hydrogen-bond acceptors (Lipinski definition) is 4. The number of benzene rings is 2. The normalized spacial score (nSPS) is 18.7. The fourth-order valence-corrected chi connectivity index (χ4v) is 3.59. The van der Waals surface area contributed by atoms with Crippen LogP contribution in [0.5, 0.6) is 5.75 Å². The van der Waals surface area contributed by atoms with Gasteiger partial charge in [-0.05, 0) is 24.6 Å². The largest absolute Gasteiger partial charge is 0.507 e. The smallest absolute Gasteiger partial charge is 0.295 e. The molecule has 27 heavy (non-hydrogen) atoms. The van der Waals surface area contributed by atoms with Gasteiger partial charge in [-0.2, -0.15) is 0 Å². The van der Waals surface area contributed by atoms with Gasteiger partial charge in [0.05, 0.1) is 18.2 Å². The van der Waals surface area contributed by atoms with Crippen molar-refractivity contribution in [3.8, 4) is 5.75 Å². The van der Waals surface area contributed by atoms with Crippen molar-refractivity contribution < 1.29 is 19.4 Å². The Kier molecular flexibility index (Phi) is 5.96. The van der Waals surface area contributed by atoms with Crippen molar-refractivity contribution in [2.75, 3.05) is 18.5 Å². The van der Waals surface area contributed by atoms with Crippen molar-refractivity contribution in [1.29, 1.82) is 0 Å². The Hall–Kier alpha value is -2.60. The summed E-state index contributed by atoms with van der Waals surface area (Å²) in [6, 6.07) is 15.4. The molecule has 1 N–H and O–H groups in total. The summed E-state index contributed by atoms with van der Waals surface area (Å²) in [6.45, 7) is 2.81. The Morgan fingerprint density at radius 1 is 1.11 bits per heavy atom. The quantitative estimate of drug-likeness (QED) is 0.327. The lowest BCUT2D eigenvalue weighted by molar-refractivity contribution is -0.139. The van der Waals surface area contributed by atoms with Crippen LogP contribution in [-0.2, 0) is 9.59 Å².